The van der Waals surface area contributed by atoms with Crippen LogP contribution in [-0.2, 0) is 0 Å². The highest BCUT2D eigenvalue weighted by Crippen LogP contribution is 2.23. The average molecular weight is 281 g/mol. The van der Waals surface area contributed by atoms with Gasteiger partial charge in [0.15, 0.2) is 0 Å². The molecular formula is C13H16FN3O3. The van der Waals surface area contributed by atoms with Crippen LogP contribution in [0.4, 0.5) is 10.1 Å². The molecule has 1 aliphatic rings. The molecule has 0 aromatic heterocycles. The van der Waals surface area contributed by atoms with Crippen molar-refractivity contribution in [1.29, 1.82) is 0 Å². The summed E-state index contributed by atoms with van der Waals surface area (Å²) in [5, 5.41) is 10.7. The minimum Gasteiger partial charge on any atom is -0.334 e. The summed E-state index contributed by atoms with van der Waals surface area (Å²) in [7, 11) is 0. The number of amides is 1. The van der Waals surface area contributed by atoms with Gasteiger partial charge in [-0.3, -0.25) is 14.9 Å². The number of likely N-dealkylation sites (tertiary alicyclic amines) is 1. The number of nitrogens with zero attached hydrogens (tertiary/aromatic N) is 2. The van der Waals surface area contributed by atoms with Crippen LogP contribution in [0.2, 0.25) is 0 Å². The van der Waals surface area contributed by atoms with Crippen molar-refractivity contribution in [3.05, 3.63) is 39.7 Å². The maximum absolute atomic E-state index is 13.8. The minimum absolute atomic E-state index is 0.130. The molecule has 0 spiro atoms. The first-order valence-electron chi connectivity index (χ1n) is 6.49. The number of rotatable bonds is 3. The van der Waals surface area contributed by atoms with E-state index in [1.165, 1.54) is 4.90 Å². The minimum atomic E-state index is -0.748. The molecule has 1 aliphatic heterocycles. The van der Waals surface area contributed by atoms with Gasteiger partial charge in [0.05, 0.1) is 10.5 Å². The lowest BCUT2D eigenvalue weighted by Crippen LogP contribution is -2.47. The van der Waals surface area contributed by atoms with Crippen LogP contribution in [0.5, 0.6) is 0 Å². The van der Waals surface area contributed by atoms with Crippen LogP contribution in [0.15, 0.2) is 18.2 Å². The predicted molar refractivity (Wildman–Crippen MR) is 70.8 cm³/mol. The second-order valence-corrected chi connectivity index (χ2v) is 4.81. The van der Waals surface area contributed by atoms with Crippen molar-refractivity contribution in [3.8, 4) is 0 Å². The summed E-state index contributed by atoms with van der Waals surface area (Å²) in [6.07, 6.45) is 2.58. The standard InChI is InChI=1S/C13H16FN3O3/c14-12-5-4-9(17(19)20)7-11(12)13(18)16-6-2-1-3-10(16)8-15/h4-5,7,10H,1-3,6,8,15H2. The Hall–Kier alpha value is -2.02. The van der Waals surface area contributed by atoms with E-state index in [0.29, 0.717) is 13.1 Å². The van der Waals surface area contributed by atoms with Crippen LogP contribution in [0.25, 0.3) is 0 Å². The fourth-order valence-corrected chi connectivity index (χ4v) is 2.46. The van der Waals surface area contributed by atoms with E-state index < -0.39 is 16.6 Å². The first-order chi connectivity index (χ1) is 9.54. The Bertz CT molecular complexity index is 536. The van der Waals surface area contributed by atoms with Gasteiger partial charge in [0.25, 0.3) is 11.6 Å². The van der Waals surface area contributed by atoms with E-state index in [4.69, 9.17) is 5.73 Å². The molecular weight excluding hydrogens is 265 g/mol. The highest BCUT2D eigenvalue weighted by atomic mass is 19.1. The lowest BCUT2D eigenvalue weighted by Gasteiger charge is -2.35. The molecule has 108 valence electrons. The van der Waals surface area contributed by atoms with Crippen molar-refractivity contribution >= 4 is 11.6 Å². The Morgan fingerprint density at radius 1 is 1.50 bits per heavy atom. The summed E-state index contributed by atoms with van der Waals surface area (Å²) in [6.45, 7) is 0.811. The largest absolute Gasteiger partial charge is 0.334 e. The number of nitrogens with two attached hydrogens (primary N) is 1. The summed E-state index contributed by atoms with van der Waals surface area (Å²) >= 11 is 0. The molecule has 2 rings (SSSR count). The second-order valence-electron chi connectivity index (χ2n) is 4.81. The van der Waals surface area contributed by atoms with E-state index in [2.05, 4.69) is 0 Å². The third-order valence-corrected chi connectivity index (χ3v) is 3.55. The van der Waals surface area contributed by atoms with Crippen molar-refractivity contribution in [2.24, 2.45) is 5.73 Å². The first-order valence-corrected chi connectivity index (χ1v) is 6.49. The SMILES string of the molecule is NCC1CCCCN1C(=O)c1cc([N+](=O)[O-])ccc1F. The zero-order chi connectivity index (χ0) is 14.7. The van der Waals surface area contributed by atoms with Crippen molar-refractivity contribution < 1.29 is 14.1 Å². The van der Waals surface area contributed by atoms with Crippen LogP contribution in [0, 0.1) is 15.9 Å². The van der Waals surface area contributed by atoms with E-state index in [1.807, 2.05) is 0 Å². The number of hydrogen-bond acceptors (Lipinski definition) is 4. The number of nitro benzene ring substituents is 1. The van der Waals surface area contributed by atoms with Crippen LogP contribution in [0.1, 0.15) is 29.6 Å². The number of nitro groups is 1. The summed E-state index contributed by atoms with van der Waals surface area (Å²) in [5.41, 5.74) is 5.07. The molecule has 1 fully saturated rings. The molecule has 1 aromatic carbocycles. The molecule has 1 amide bonds. The van der Waals surface area contributed by atoms with Crippen molar-refractivity contribution in [2.45, 2.75) is 25.3 Å². The number of non-ortho nitro benzene ring substituents is 1. The first kappa shape index (κ1) is 14.4. The van der Waals surface area contributed by atoms with Gasteiger partial charge in [0.1, 0.15) is 5.82 Å². The third kappa shape index (κ3) is 2.77. The summed E-state index contributed by atoms with van der Waals surface area (Å²) < 4.78 is 13.8. The van der Waals surface area contributed by atoms with Gasteiger partial charge in [0, 0.05) is 31.3 Å². The Morgan fingerprint density at radius 3 is 2.90 bits per heavy atom. The maximum Gasteiger partial charge on any atom is 0.270 e. The predicted octanol–water partition coefficient (Wildman–Crippen LogP) is 1.69. The third-order valence-electron chi connectivity index (χ3n) is 3.55. The normalized spacial score (nSPS) is 18.9. The van der Waals surface area contributed by atoms with Crippen LogP contribution in [-0.4, -0.2) is 34.9 Å². The van der Waals surface area contributed by atoms with E-state index in [-0.39, 0.29) is 17.3 Å². The summed E-state index contributed by atoms with van der Waals surface area (Å²) in [4.78, 5) is 24.0. The molecule has 20 heavy (non-hydrogen) atoms. The molecule has 1 saturated heterocycles. The van der Waals surface area contributed by atoms with Gasteiger partial charge in [-0.1, -0.05) is 0 Å². The Balaban J connectivity index is 2.32. The molecule has 0 radical (unpaired) electrons. The van der Waals surface area contributed by atoms with Crippen molar-refractivity contribution in [3.63, 3.8) is 0 Å². The van der Waals surface area contributed by atoms with Gasteiger partial charge in [-0.2, -0.15) is 0 Å². The summed E-state index contributed by atoms with van der Waals surface area (Å²) in [6, 6.07) is 2.85. The number of hydrogen-bond donors (Lipinski definition) is 1. The molecule has 0 aliphatic carbocycles. The highest BCUT2D eigenvalue weighted by molar-refractivity contribution is 5.95. The molecule has 1 atom stereocenters. The highest BCUT2D eigenvalue weighted by Gasteiger charge is 2.29. The summed E-state index contributed by atoms with van der Waals surface area (Å²) in [5.74, 6) is -1.27. The zero-order valence-electron chi connectivity index (χ0n) is 10.9. The molecule has 2 N–H and O–H groups in total. The quantitative estimate of drug-likeness (QED) is 0.674. The second kappa shape index (κ2) is 5.96. The van der Waals surface area contributed by atoms with E-state index in [1.54, 1.807) is 0 Å². The Morgan fingerprint density at radius 2 is 2.25 bits per heavy atom. The van der Waals surface area contributed by atoms with Gasteiger partial charge >= 0.3 is 0 Å². The van der Waals surface area contributed by atoms with Gasteiger partial charge in [0.2, 0.25) is 0 Å². The molecule has 7 heteroatoms. The lowest BCUT2D eigenvalue weighted by atomic mass is 10.0. The smallest absolute Gasteiger partial charge is 0.270 e. The maximum atomic E-state index is 13.8. The number of piperidine rings is 1. The molecule has 0 saturated carbocycles. The lowest BCUT2D eigenvalue weighted by molar-refractivity contribution is -0.384. The zero-order valence-corrected chi connectivity index (χ0v) is 10.9. The number of halogens is 1. The molecule has 6 nitrogen and oxygen atoms in total. The van der Waals surface area contributed by atoms with Gasteiger partial charge in [-0.15, -0.1) is 0 Å². The monoisotopic (exact) mass is 281 g/mol. The number of carbonyl (C=O) groups is 1. The Kier molecular flexibility index (Phi) is 4.29. The van der Waals surface area contributed by atoms with E-state index >= 15 is 0 Å². The fraction of sp³-hybridized carbons (Fsp3) is 0.462. The molecule has 1 aromatic rings. The number of carbonyl (C=O) groups excluding carboxylic acids is 1. The average Bonchev–Trinajstić information content (AvgIpc) is 2.46. The van der Waals surface area contributed by atoms with Crippen molar-refractivity contribution in [1.82, 2.24) is 4.90 Å². The fourth-order valence-electron chi connectivity index (χ4n) is 2.46. The van der Waals surface area contributed by atoms with Crippen LogP contribution in [0.3, 0.4) is 0 Å². The topological polar surface area (TPSA) is 89.5 Å². The van der Waals surface area contributed by atoms with Crippen LogP contribution < -0.4 is 5.73 Å². The Labute approximate surface area is 115 Å². The molecule has 1 unspecified atom stereocenters. The van der Waals surface area contributed by atoms with Gasteiger partial charge in [-0.25, -0.2) is 4.39 Å². The van der Waals surface area contributed by atoms with E-state index in [0.717, 1.165) is 37.5 Å². The van der Waals surface area contributed by atoms with Gasteiger partial charge in [-0.05, 0) is 25.3 Å². The van der Waals surface area contributed by atoms with Gasteiger partial charge < -0.3 is 10.6 Å². The van der Waals surface area contributed by atoms with Crippen molar-refractivity contribution in [2.75, 3.05) is 13.1 Å². The number of benzene rings is 1. The van der Waals surface area contributed by atoms with Crippen LogP contribution >= 0.6 is 0 Å². The molecule has 0 bridgehead atoms. The molecule has 1 heterocycles. The van der Waals surface area contributed by atoms with E-state index in [9.17, 15) is 19.3 Å².